The van der Waals surface area contributed by atoms with E-state index >= 15 is 28.8 Å². The lowest BCUT2D eigenvalue weighted by Crippen LogP contribution is -2.65. The van der Waals surface area contributed by atoms with Crippen molar-refractivity contribution in [3.63, 3.8) is 0 Å². The number of nitrogens with one attached hydrogen (secondary N) is 7. The maximum atomic E-state index is 16.8. The number of halogens is 2. The molecule has 8 aliphatic rings. The van der Waals surface area contributed by atoms with Crippen LogP contribution in [0, 0.1) is 0 Å². The fraction of sp³-hybridized carbons (Fsp3) is 0.420. The summed E-state index contributed by atoms with van der Waals surface area (Å²) in [5, 5.41) is 166. The predicted molar refractivity (Wildman–Crippen MR) is 448 cm³/mol. The number of phenols is 4. The van der Waals surface area contributed by atoms with Crippen molar-refractivity contribution >= 4 is 76.6 Å². The molecule has 38 nitrogen and oxygen atoms in total. The third kappa shape index (κ3) is 20.7. The quantitative estimate of drug-likeness (QED) is 0.0420. The SMILES string of the molecule is CCCCCCCCCCCC(=O)N[C@H]1[C@H](Oc2c3cc4cc2Oc2ccc(cc2Cl)[C@@H](O)[C@@H]2NC(=O)[C@H](NC(=O)[C@@H]4NC(=O)[C@H]4NC(=O)[C@@H](Cc5ccc(cc5)O3)NC(=O)[C@@H](N(C)C(=O)OC(C)(C)C)c3ccc(O)c(c3)Oc3cc(O)c(Cl)c4c3)c3ccc(O)c(c3)-c3c(O[C@H]4O[C@H](CO)[C@@H](O)[C@H](O)[C@@H]4O)cc(O)cc3[C@H](C(=O)O)NC2=O)O[C@H](CO)[C@@H](O)[C@@H]1O. The Kier molecular flexibility index (Phi) is 29.0. The van der Waals surface area contributed by atoms with Gasteiger partial charge in [0.15, 0.2) is 29.0 Å². The molecule has 0 radical (unpaired) electrons. The van der Waals surface area contributed by atoms with Crippen molar-refractivity contribution in [2.45, 2.75) is 214 Å². The average molecular weight is 1820 g/mol. The number of phenolic OH excluding ortho intramolecular Hbond substituents is 4. The Morgan fingerprint density at radius 2 is 1.12 bits per heavy atom. The number of benzene rings is 7. The van der Waals surface area contributed by atoms with Gasteiger partial charge in [0, 0.05) is 54.3 Å². The first kappa shape index (κ1) is 93.6. The molecule has 0 aliphatic carbocycles. The van der Waals surface area contributed by atoms with E-state index in [9.17, 15) is 80.8 Å². The Labute approximate surface area is 740 Å². The minimum absolute atomic E-state index is 0.0429. The van der Waals surface area contributed by atoms with Crippen molar-refractivity contribution in [2.24, 2.45) is 0 Å². The van der Waals surface area contributed by atoms with Gasteiger partial charge in [-0.05, 0) is 128 Å². The molecule has 0 spiro atoms. The monoisotopic (exact) mass is 1820 g/mol. The Hall–Kier alpha value is -12.1. The summed E-state index contributed by atoms with van der Waals surface area (Å²) in [5.74, 6) is -18.0. The topological polar surface area (TPSA) is 578 Å². The minimum atomic E-state index is -2.47. The summed E-state index contributed by atoms with van der Waals surface area (Å²) < 4.78 is 50.3. The van der Waals surface area contributed by atoms with E-state index in [1.165, 1.54) is 43.4 Å². The summed E-state index contributed by atoms with van der Waals surface area (Å²) >= 11 is 14.3. The van der Waals surface area contributed by atoms with E-state index in [1.54, 1.807) is 20.8 Å². The van der Waals surface area contributed by atoms with Gasteiger partial charge in [0.25, 0.3) is 0 Å². The molecule has 8 amide bonds. The van der Waals surface area contributed by atoms with E-state index in [0.29, 0.717) is 12.8 Å². The van der Waals surface area contributed by atoms with E-state index in [1.807, 2.05) is 0 Å². The number of carboxylic acids is 1. The number of aliphatic hydroxyl groups excluding tert-OH is 8. The Morgan fingerprint density at radius 1 is 0.531 bits per heavy atom. The van der Waals surface area contributed by atoms with Gasteiger partial charge < -0.3 is 141 Å². The number of unbranched alkanes of at least 4 members (excludes halogenated alkanes) is 8. The highest BCUT2D eigenvalue weighted by Gasteiger charge is 2.50. The van der Waals surface area contributed by atoms with Crippen LogP contribution in [-0.2, 0) is 59.0 Å². The number of hydrogen-bond acceptors (Lipinski definition) is 29. The molecule has 0 unspecified atom stereocenters. The molecule has 15 rings (SSSR count). The number of ether oxygens (including phenoxy) is 8. The Morgan fingerprint density at radius 3 is 1.79 bits per heavy atom. The van der Waals surface area contributed by atoms with Gasteiger partial charge in [-0.3, -0.25) is 38.5 Å². The van der Waals surface area contributed by atoms with E-state index in [-0.39, 0.29) is 28.9 Å². The van der Waals surface area contributed by atoms with Gasteiger partial charge in [-0.2, -0.15) is 0 Å². The molecule has 0 aromatic heterocycles. The first-order chi connectivity index (χ1) is 60.9. The summed E-state index contributed by atoms with van der Waals surface area (Å²) in [5.41, 5.74) is -4.70. The summed E-state index contributed by atoms with van der Waals surface area (Å²) in [4.78, 5) is 139. The second-order valence-electron chi connectivity index (χ2n) is 32.8. The molecule has 128 heavy (non-hydrogen) atoms. The number of nitrogens with zero attached hydrogens (tertiary/aromatic N) is 1. The maximum Gasteiger partial charge on any atom is 0.410 e. The normalized spacial score (nSPS) is 25.9. The number of carbonyl (C=O) groups is 9. The predicted octanol–water partition coefficient (Wildman–Crippen LogP) is 5.88. The molecule has 8 heterocycles. The third-order valence-electron chi connectivity index (χ3n) is 22.5. The summed E-state index contributed by atoms with van der Waals surface area (Å²) in [6.07, 6.45) is -13.6. The molecule has 40 heteroatoms. The molecule has 7 aromatic rings. The van der Waals surface area contributed by atoms with Gasteiger partial charge in [-0.25, -0.2) is 9.59 Å². The van der Waals surface area contributed by atoms with Crippen molar-refractivity contribution in [3.8, 4) is 80.1 Å². The summed E-state index contributed by atoms with van der Waals surface area (Å²) in [6.45, 7) is 4.85. The first-order valence-electron chi connectivity index (χ1n) is 41.3. The van der Waals surface area contributed by atoms with E-state index in [2.05, 4.69) is 44.1 Å². The van der Waals surface area contributed by atoms with Crippen LogP contribution in [0.15, 0.2) is 115 Å². The molecular formula is C88H98Cl2N8O30. The lowest BCUT2D eigenvalue weighted by molar-refractivity contribution is -0.277. The highest BCUT2D eigenvalue weighted by Crippen LogP contribution is 2.51. The number of amides is 8. The van der Waals surface area contributed by atoms with Crippen LogP contribution >= 0.6 is 23.2 Å². The molecule has 17 bridgehead atoms. The molecule has 20 N–H and O–H groups in total. The molecule has 0 saturated carbocycles. The highest BCUT2D eigenvalue weighted by molar-refractivity contribution is 6.33. The first-order valence-corrected chi connectivity index (χ1v) is 42.1. The van der Waals surface area contributed by atoms with Crippen LogP contribution in [0.25, 0.3) is 11.1 Å². The van der Waals surface area contributed by atoms with Crippen LogP contribution < -0.4 is 60.9 Å². The van der Waals surface area contributed by atoms with Crippen LogP contribution in [0.3, 0.4) is 0 Å². The number of aliphatic carboxylic acids is 1. The minimum Gasteiger partial charge on any atom is -0.508 e. The van der Waals surface area contributed by atoms with Gasteiger partial charge in [0.1, 0.15) is 137 Å². The summed E-state index contributed by atoms with van der Waals surface area (Å²) in [6, 6.07) is 3.73. The van der Waals surface area contributed by atoms with E-state index in [4.69, 9.17) is 61.1 Å². The van der Waals surface area contributed by atoms with Gasteiger partial charge in [0.2, 0.25) is 59.7 Å². The zero-order valence-electron chi connectivity index (χ0n) is 69.5. The number of aromatic hydroxyl groups is 4. The number of likely N-dealkylation sites (N-methyl/N-ethyl adjacent to an activating group) is 1. The Balaban J connectivity index is 1.03. The molecule has 2 saturated heterocycles. The van der Waals surface area contributed by atoms with Gasteiger partial charge in [0.05, 0.1) is 23.3 Å². The highest BCUT2D eigenvalue weighted by atomic mass is 35.5. The molecule has 18 atom stereocenters. The number of hydrogen-bond donors (Lipinski definition) is 20. The lowest BCUT2D eigenvalue weighted by atomic mass is 9.89. The molecule has 7 aromatic carbocycles. The van der Waals surface area contributed by atoms with Gasteiger partial charge in [-0.1, -0.05) is 112 Å². The number of fused-ring (bicyclic) bond motifs is 14. The van der Waals surface area contributed by atoms with Gasteiger partial charge >= 0.3 is 12.1 Å². The molecule has 684 valence electrons. The second-order valence-corrected chi connectivity index (χ2v) is 33.6. The summed E-state index contributed by atoms with van der Waals surface area (Å²) in [7, 11) is 1.22. The standard InChI is InChI=1S/C88H98Cl2N8O30/c1-6-7-8-9-10-11-12-13-14-15-61(105)92-69-74(109)72(107)59(36-99)125-85(69)127-77-57-30-42-31-58(77)123-54-25-20-41(28-49(54)89)71(106)68-82(116)96-67(84(118)119)47-32-43(101)33-56(124-86-76(111)75(110)73(108)60(37-100)126-86)62(47)46-27-39(18-23-51(46)102)64(79(113)97-68)93-80(114)65(42)94-81(115)66-48-34-45(35-53(104)63(48)90)122-55-29-40(19-24-52(55)103)70(98(5)87(120)128-88(2,3)4)83(117)91-50(78(112)95-66)26-38-16-21-44(121-57)22-17-38/h16-25,27-35,50,59-60,64-76,85-86,99-104,106-111H,6-15,26,36-37H2,1-5H3,(H,91,117)(H,92,105)(H,93,114)(H,94,115)(H,95,112)(H,96,116)(H,97,113)(H,118,119)/t50-,59-,60-,64-,65-,66+,67-,68+,69-,70+,71-,72-,73-,74-,75+,76+,85+,86+/m1/s1. The van der Waals surface area contributed by atoms with Gasteiger partial charge in [-0.15, -0.1) is 0 Å². The van der Waals surface area contributed by atoms with E-state index in [0.717, 1.165) is 129 Å². The van der Waals surface area contributed by atoms with Crippen LogP contribution in [0.1, 0.15) is 167 Å². The Bertz CT molecular complexity index is 5370. The fourth-order valence-electron chi connectivity index (χ4n) is 15.8. The number of carboxylic acid groups (broad SMARTS) is 1. The average Bonchev–Trinajstić information content (AvgIpc) is 0.762. The second kappa shape index (κ2) is 39.7. The number of aliphatic hydroxyl groups is 8. The number of rotatable bonds is 19. The third-order valence-corrected chi connectivity index (χ3v) is 23.2. The van der Waals surface area contributed by atoms with E-state index < -0.39 is 295 Å². The van der Waals surface area contributed by atoms with Crippen molar-refractivity contribution < 1.29 is 147 Å². The van der Waals surface area contributed by atoms with Crippen LogP contribution in [-0.4, -0.2) is 224 Å². The molecule has 2 fully saturated rings. The maximum absolute atomic E-state index is 16.8. The van der Waals surface area contributed by atoms with Crippen molar-refractivity contribution in [3.05, 3.63) is 164 Å². The zero-order chi connectivity index (χ0) is 92.2. The van der Waals surface area contributed by atoms with Crippen LogP contribution in [0.4, 0.5) is 4.79 Å². The lowest BCUT2D eigenvalue weighted by Gasteiger charge is -2.42. The van der Waals surface area contributed by atoms with Crippen LogP contribution in [0.2, 0.25) is 10.0 Å². The van der Waals surface area contributed by atoms with Crippen molar-refractivity contribution in [1.82, 2.24) is 42.1 Å². The van der Waals surface area contributed by atoms with Crippen LogP contribution in [0.5, 0.6) is 69.0 Å². The molecule has 8 aliphatic heterocycles. The molecular weight excluding hydrogens is 1720 g/mol. The van der Waals surface area contributed by atoms with Crippen molar-refractivity contribution in [1.29, 1.82) is 0 Å². The smallest absolute Gasteiger partial charge is 0.410 e. The zero-order valence-corrected chi connectivity index (χ0v) is 71.0. The number of carbonyl (C=O) groups excluding carboxylic acids is 8. The van der Waals surface area contributed by atoms with Crippen molar-refractivity contribution in [2.75, 3.05) is 20.3 Å². The largest absolute Gasteiger partial charge is 0.508 e. The fourth-order valence-corrected chi connectivity index (χ4v) is 16.2.